The molecule has 0 unspecified atom stereocenters. The second-order valence-electron chi connectivity index (χ2n) is 9.86. The molecule has 0 saturated heterocycles. The quantitative estimate of drug-likeness (QED) is 0.313. The van der Waals surface area contributed by atoms with Crippen molar-refractivity contribution in [3.8, 4) is 0 Å². The summed E-state index contributed by atoms with van der Waals surface area (Å²) >= 11 is 0. The lowest BCUT2D eigenvalue weighted by molar-refractivity contribution is 0.0880. The molecule has 8 rings (SSSR count). The number of fused-ring (bicyclic) bond motifs is 10. The number of imide groups is 1. The molecule has 10 nitrogen and oxygen atoms in total. The van der Waals surface area contributed by atoms with Gasteiger partial charge in [-0.2, -0.15) is 4.31 Å². The van der Waals surface area contributed by atoms with Crippen LogP contribution in [0.1, 0.15) is 26.3 Å². The third kappa shape index (κ3) is 3.00. The van der Waals surface area contributed by atoms with E-state index in [0.29, 0.717) is 28.4 Å². The van der Waals surface area contributed by atoms with Gasteiger partial charge in [0, 0.05) is 59.9 Å². The van der Waals surface area contributed by atoms with Crippen LogP contribution in [-0.4, -0.2) is 50.2 Å². The molecule has 5 heterocycles. The maximum atomic E-state index is 13.5. The summed E-state index contributed by atoms with van der Waals surface area (Å²) in [6, 6.07) is 13.4. The predicted molar refractivity (Wildman–Crippen MR) is 149 cm³/mol. The van der Waals surface area contributed by atoms with E-state index in [2.05, 4.69) is 19.9 Å². The number of nitrogens with one attached hydrogen (secondary N) is 2. The zero-order chi connectivity index (χ0) is 25.9. The van der Waals surface area contributed by atoms with Crippen molar-refractivity contribution in [3.63, 3.8) is 0 Å². The maximum absolute atomic E-state index is 13.5. The van der Waals surface area contributed by atoms with Crippen LogP contribution in [-0.2, 0) is 30.2 Å². The Morgan fingerprint density at radius 1 is 0.897 bits per heavy atom. The number of carbonyl (C=O) groups is 2. The minimum Gasteiger partial charge on any atom is -0.353 e. The van der Waals surface area contributed by atoms with Gasteiger partial charge in [-0.25, -0.2) is 13.4 Å². The summed E-state index contributed by atoms with van der Waals surface area (Å²) in [5.74, 6) is -0.818. The van der Waals surface area contributed by atoms with Crippen molar-refractivity contribution in [1.29, 1.82) is 0 Å². The summed E-state index contributed by atoms with van der Waals surface area (Å²) in [7, 11) is -2.09. The smallest absolute Gasteiger partial charge is 0.262 e. The summed E-state index contributed by atoms with van der Waals surface area (Å²) < 4.78 is 32.2. The number of carbonyl (C=O) groups excluding carboxylic acids is 2. The molecule has 0 radical (unpaired) electrons. The van der Waals surface area contributed by atoms with Gasteiger partial charge < -0.3 is 14.1 Å². The first-order valence-electron chi connectivity index (χ1n) is 12.2. The van der Waals surface area contributed by atoms with Gasteiger partial charge in [-0.1, -0.05) is 36.4 Å². The van der Waals surface area contributed by atoms with Crippen molar-refractivity contribution in [2.24, 2.45) is 7.05 Å². The monoisotopic (exact) mass is 560 g/mol. The number of nitrogens with zero attached hydrogens (tertiary/aromatic N) is 4. The summed E-state index contributed by atoms with van der Waals surface area (Å²) in [6.07, 6.45) is 2.98. The molecule has 0 atom stereocenters. The van der Waals surface area contributed by atoms with Crippen molar-refractivity contribution < 1.29 is 18.0 Å². The van der Waals surface area contributed by atoms with Gasteiger partial charge in [0.2, 0.25) is 0 Å². The molecule has 0 aliphatic carbocycles. The van der Waals surface area contributed by atoms with Crippen LogP contribution >= 0.6 is 12.4 Å². The van der Waals surface area contributed by atoms with Crippen LogP contribution < -0.4 is 5.32 Å². The Hall–Kier alpha value is -4.19. The molecule has 196 valence electrons. The van der Waals surface area contributed by atoms with E-state index in [9.17, 15) is 18.0 Å². The van der Waals surface area contributed by atoms with Crippen LogP contribution in [0.3, 0.4) is 0 Å². The summed E-state index contributed by atoms with van der Waals surface area (Å²) in [5, 5.41) is 5.60. The first-order valence-corrected chi connectivity index (χ1v) is 13.6. The molecule has 2 N–H and O–H groups in total. The highest BCUT2D eigenvalue weighted by Crippen LogP contribution is 2.44. The minimum absolute atomic E-state index is 0. The number of benzene rings is 3. The Labute approximate surface area is 227 Å². The Morgan fingerprint density at radius 3 is 2.41 bits per heavy atom. The molecule has 2 aliphatic heterocycles. The number of hydrogen-bond donors (Lipinski definition) is 2. The van der Waals surface area contributed by atoms with E-state index in [0.717, 1.165) is 38.4 Å². The molecule has 0 bridgehead atoms. The van der Waals surface area contributed by atoms with Gasteiger partial charge in [0.05, 0.1) is 34.0 Å². The summed E-state index contributed by atoms with van der Waals surface area (Å²) in [5.41, 5.74) is 4.85. The number of aryl methyl sites for hydroxylation is 1. The number of hydrogen-bond acceptors (Lipinski definition) is 5. The number of aromatic nitrogens is 4. The van der Waals surface area contributed by atoms with Crippen molar-refractivity contribution in [1.82, 2.24) is 28.7 Å². The molecule has 3 aromatic heterocycles. The molecular formula is C27H21ClN6O4S. The van der Waals surface area contributed by atoms with E-state index in [-0.39, 0.29) is 30.5 Å². The SMILES string of the molecule is Cl.Cn1cnc(S(=O)(=O)N2CCn3c4c(cccc4c4c5c(c6c7ccccc7[nH]c6c43)C(=O)NC5=O)C2)c1. The second-order valence-corrected chi connectivity index (χ2v) is 11.7. The second kappa shape index (κ2) is 7.92. The van der Waals surface area contributed by atoms with E-state index in [1.165, 1.54) is 16.8 Å². The van der Waals surface area contributed by atoms with Gasteiger partial charge in [0.1, 0.15) is 0 Å². The average molecular weight is 561 g/mol. The van der Waals surface area contributed by atoms with Gasteiger partial charge in [-0.05, 0) is 11.6 Å². The number of sulfonamides is 1. The first-order chi connectivity index (χ1) is 18.3. The Kier molecular flexibility index (Phi) is 4.85. The van der Waals surface area contributed by atoms with Crippen molar-refractivity contribution in [2.75, 3.05) is 6.54 Å². The minimum atomic E-state index is -3.83. The van der Waals surface area contributed by atoms with E-state index in [4.69, 9.17) is 0 Å². The van der Waals surface area contributed by atoms with E-state index in [1.54, 1.807) is 11.6 Å². The van der Waals surface area contributed by atoms with Crippen molar-refractivity contribution in [3.05, 3.63) is 71.7 Å². The third-order valence-electron chi connectivity index (χ3n) is 7.74. The van der Waals surface area contributed by atoms with Gasteiger partial charge in [0.25, 0.3) is 21.8 Å². The highest BCUT2D eigenvalue weighted by atomic mass is 35.5. The number of aromatic amines is 1. The molecule has 3 aromatic carbocycles. The predicted octanol–water partition coefficient (Wildman–Crippen LogP) is 3.67. The van der Waals surface area contributed by atoms with Gasteiger partial charge in [-0.3, -0.25) is 14.9 Å². The van der Waals surface area contributed by atoms with E-state index in [1.807, 2.05) is 42.5 Å². The van der Waals surface area contributed by atoms with Crippen molar-refractivity contribution in [2.45, 2.75) is 18.1 Å². The van der Waals surface area contributed by atoms with Crippen LogP contribution in [0.2, 0.25) is 0 Å². The number of H-pyrrole nitrogens is 1. The Bertz CT molecular complexity index is 2170. The standard InChI is InChI=1S/C27H20N6O4S.ClH/c1-31-12-18(28-13-31)38(36,37)32-9-10-33-24-14(11-32)5-4-7-16(24)20-22-21(26(34)30-27(22)35)19-15-6-2-3-8-17(15)29-23(19)25(20)33;/h2-8,12-13,29H,9-11H2,1H3,(H,30,34,35);1H. The number of halogens is 1. The fourth-order valence-corrected chi connectivity index (χ4v) is 7.58. The molecule has 2 aliphatic rings. The lowest BCUT2D eigenvalue weighted by atomic mass is 9.96. The van der Waals surface area contributed by atoms with Gasteiger partial charge in [-0.15, -0.1) is 12.4 Å². The molecule has 2 amide bonds. The average Bonchev–Trinajstić information content (AvgIpc) is 3.61. The lowest BCUT2D eigenvalue weighted by Gasteiger charge is -2.19. The fourth-order valence-electron chi connectivity index (χ4n) is 6.20. The number of para-hydroxylation sites is 2. The molecule has 0 saturated carbocycles. The highest BCUT2D eigenvalue weighted by molar-refractivity contribution is 7.89. The van der Waals surface area contributed by atoms with Crippen LogP contribution in [0.25, 0.3) is 43.6 Å². The molecular weight excluding hydrogens is 540 g/mol. The van der Waals surface area contributed by atoms with Crippen LogP contribution in [0.15, 0.2) is 60.0 Å². The summed E-state index contributed by atoms with van der Waals surface area (Å²) in [6.45, 7) is 0.744. The molecule has 12 heteroatoms. The van der Waals surface area contributed by atoms with Crippen LogP contribution in [0, 0.1) is 0 Å². The lowest BCUT2D eigenvalue weighted by Crippen LogP contribution is -2.32. The first kappa shape index (κ1) is 23.9. The Balaban J connectivity index is 0.00000253. The maximum Gasteiger partial charge on any atom is 0.262 e. The topological polar surface area (TPSA) is 122 Å². The zero-order valence-electron chi connectivity index (χ0n) is 20.6. The molecule has 39 heavy (non-hydrogen) atoms. The molecule has 0 spiro atoms. The largest absolute Gasteiger partial charge is 0.353 e. The van der Waals surface area contributed by atoms with Gasteiger partial charge in [0.15, 0.2) is 5.03 Å². The zero-order valence-corrected chi connectivity index (χ0v) is 22.2. The van der Waals surface area contributed by atoms with Crippen LogP contribution in [0.4, 0.5) is 0 Å². The normalized spacial score (nSPS) is 15.7. The van der Waals surface area contributed by atoms with Gasteiger partial charge >= 0.3 is 0 Å². The van der Waals surface area contributed by atoms with Crippen LogP contribution in [0.5, 0.6) is 0 Å². The Morgan fingerprint density at radius 2 is 1.64 bits per heavy atom. The summed E-state index contributed by atoms with van der Waals surface area (Å²) in [4.78, 5) is 33.9. The van der Waals surface area contributed by atoms with E-state index >= 15 is 0 Å². The number of rotatable bonds is 2. The molecule has 6 aromatic rings. The highest BCUT2D eigenvalue weighted by Gasteiger charge is 2.37. The third-order valence-corrected chi connectivity index (χ3v) is 9.48. The molecule has 0 fully saturated rings. The number of amides is 2. The number of imidazole rings is 1. The van der Waals surface area contributed by atoms with Crippen molar-refractivity contribution >= 4 is 77.9 Å². The fraction of sp³-hybridized carbons (Fsp3) is 0.148. The van der Waals surface area contributed by atoms with E-state index < -0.39 is 21.8 Å².